The molecule has 1 aliphatic rings. The van der Waals surface area contributed by atoms with Gasteiger partial charge in [-0.1, -0.05) is 5.16 Å². The Morgan fingerprint density at radius 2 is 2.16 bits per heavy atom. The maximum absolute atomic E-state index is 12.3. The third-order valence-electron chi connectivity index (χ3n) is 4.24. The van der Waals surface area contributed by atoms with Gasteiger partial charge in [-0.15, -0.1) is 0 Å². The minimum absolute atomic E-state index is 0.0429. The molecule has 2 aromatic rings. The van der Waals surface area contributed by atoms with E-state index in [1.807, 2.05) is 11.8 Å². The third kappa shape index (κ3) is 3.98. The predicted octanol–water partition coefficient (Wildman–Crippen LogP) is 1.35. The van der Waals surface area contributed by atoms with Crippen LogP contribution in [0.1, 0.15) is 25.5 Å². The molecule has 2 N–H and O–H groups in total. The fourth-order valence-electron chi connectivity index (χ4n) is 2.90. The van der Waals surface area contributed by atoms with Crippen LogP contribution in [0.25, 0.3) is 0 Å². The molecule has 2 amide bonds. The van der Waals surface area contributed by atoms with E-state index in [9.17, 15) is 9.59 Å². The lowest BCUT2D eigenvalue weighted by Crippen LogP contribution is -2.47. The van der Waals surface area contributed by atoms with Crippen LogP contribution in [0.4, 0.5) is 16.4 Å². The first-order chi connectivity index (χ1) is 12.1. The minimum atomic E-state index is -0.307. The fraction of sp³-hybridized carbons (Fsp3) is 0.500. The van der Waals surface area contributed by atoms with E-state index in [1.165, 1.54) is 0 Å². The Hall–Kier alpha value is -2.84. The maximum atomic E-state index is 12.3. The Morgan fingerprint density at radius 1 is 1.40 bits per heavy atom. The molecule has 1 saturated heterocycles. The van der Waals surface area contributed by atoms with Crippen LogP contribution < -0.4 is 21.1 Å². The second kappa shape index (κ2) is 7.37. The average molecular weight is 346 g/mol. The van der Waals surface area contributed by atoms with Crippen molar-refractivity contribution in [2.24, 2.45) is 0 Å². The van der Waals surface area contributed by atoms with Crippen LogP contribution >= 0.6 is 0 Å². The van der Waals surface area contributed by atoms with Gasteiger partial charge in [0.2, 0.25) is 0 Å². The van der Waals surface area contributed by atoms with E-state index in [0.29, 0.717) is 37.0 Å². The van der Waals surface area contributed by atoms with Gasteiger partial charge in [-0.3, -0.25) is 10.1 Å². The highest BCUT2D eigenvalue weighted by molar-refractivity contribution is 5.88. The molecule has 9 nitrogen and oxygen atoms in total. The molecular weight excluding hydrogens is 324 g/mol. The zero-order chi connectivity index (χ0) is 17.8. The van der Waals surface area contributed by atoms with E-state index in [-0.39, 0.29) is 17.6 Å². The van der Waals surface area contributed by atoms with Crippen LogP contribution in [0.3, 0.4) is 0 Å². The van der Waals surface area contributed by atoms with Crippen molar-refractivity contribution in [3.8, 4) is 0 Å². The lowest BCUT2D eigenvalue weighted by Gasteiger charge is -2.32. The predicted molar refractivity (Wildman–Crippen MR) is 92.8 cm³/mol. The van der Waals surface area contributed by atoms with Crippen molar-refractivity contribution in [1.82, 2.24) is 20.0 Å². The number of urea groups is 1. The van der Waals surface area contributed by atoms with E-state index in [1.54, 1.807) is 30.0 Å². The molecule has 0 atom stereocenters. The smallest absolute Gasteiger partial charge is 0.320 e. The van der Waals surface area contributed by atoms with Crippen LogP contribution in [-0.2, 0) is 6.54 Å². The largest absolute Gasteiger partial charge is 0.360 e. The Kier molecular flexibility index (Phi) is 5.01. The summed E-state index contributed by atoms with van der Waals surface area (Å²) in [5, 5.41) is 9.29. The standard InChI is InChI=1S/C16H22N6O3/c1-3-21-9-6-17-14(15(21)23)22-7-4-12(5-8-22)18-16(24)19-13-10-11(2)25-20-13/h6,9-10,12H,3-5,7-8H2,1-2H3,(H2,18,19,20,24). The van der Waals surface area contributed by atoms with Crippen molar-refractivity contribution in [3.05, 3.63) is 34.6 Å². The molecule has 0 radical (unpaired) electrons. The van der Waals surface area contributed by atoms with E-state index < -0.39 is 0 Å². The van der Waals surface area contributed by atoms with Crippen molar-refractivity contribution >= 4 is 17.7 Å². The second-order valence-corrected chi connectivity index (χ2v) is 6.02. The Bertz CT molecular complexity index is 791. The summed E-state index contributed by atoms with van der Waals surface area (Å²) in [6, 6.07) is 1.39. The number of piperidine rings is 1. The summed E-state index contributed by atoms with van der Waals surface area (Å²) in [4.78, 5) is 30.5. The van der Waals surface area contributed by atoms with Gasteiger partial charge in [0.05, 0.1) is 0 Å². The normalized spacial score (nSPS) is 15.2. The van der Waals surface area contributed by atoms with Crippen LogP contribution in [0.2, 0.25) is 0 Å². The maximum Gasteiger partial charge on any atom is 0.320 e. The summed E-state index contributed by atoms with van der Waals surface area (Å²) >= 11 is 0. The molecule has 0 spiro atoms. The fourth-order valence-corrected chi connectivity index (χ4v) is 2.90. The molecule has 0 unspecified atom stereocenters. The number of rotatable bonds is 4. The topological polar surface area (TPSA) is 105 Å². The number of hydrogen-bond donors (Lipinski definition) is 2. The van der Waals surface area contributed by atoms with E-state index in [0.717, 1.165) is 12.8 Å². The molecule has 2 aromatic heterocycles. The van der Waals surface area contributed by atoms with E-state index in [4.69, 9.17) is 4.52 Å². The first-order valence-corrected chi connectivity index (χ1v) is 8.38. The monoisotopic (exact) mass is 346 g/mol. The molecule has 25 heavy (non-hydrogen) atoms. The van der Waals surface area contributed by atoms with Gasteiger partial charge in [0.1, 0.15) is 5.76 Å². The summed E-state index contributed by atoms with van der Waals surface area (Å²) in [7, 11) is 0. The molecule has 1 fully saturated rings. The molecule has 0 saturated carbocycles. The molecule has 0 aliphatic carbocycles. The number of anilines is 2. The number of nitrogens with one attached hydrogen (secondary N) is 2. The Morgan fingerprint density at radius 3 is 2.80 bits per heavy atom. The average Bonchev–Trinajstić information content (AvgIpc) is 3.00. The van der Waals surface area contributed by atoms with Crippen LogP contribution in [0.15, 0.2) is 27.8 Å². The van der Waals surface area contributed by atoms with Gasteiger partial charge >= 0.3 is 6.03 Å². The lowest BCUT2D eigenvalue weighted by atomic mass is 10.1. The zero-order valence-corrected chi connectivity index (χ0v) is 14.4. The zero-order valence-electron chi connectivity index (χ0n) is 14.4. The number of nitrogens with zero attached hydrogens (tertiary/aromatic N) is 4. The van der Waals surface area contributed by atoms with E-state index in [2.05, 4.69) is 20.8 Å². The van der Waals surface area contributed by atoms with Crippen molar-refractivity contribution in [3.63, 3.8) is 0 Å². The van der Waals surface area contributed by atoms with Gasteiger partial charge in [0.25, 0.3) is 5.56 Å². The SMILES string of the molecule is CCn1ccnc(N2CCC(NC(=O)Nc3cc(C)on3)CC2)c1=O. The summed E-state index contributed by atoms with van der Waals surface area (Å²) in [6.07, 6.45) is 4.83. The van der Waals surface area contributed by atoms with Crippen molar-refractivity contribution < 1.29 is 9.32 Å². The van der Waals surface area contributed by atoms with Crippen LogP contribution in [0, 0.1) is 6.92 Å². The second-order valence-electron chi connectivity index (χ2n) is 6.02. The first kappa shape index (κ1) is 17.0. The van der Waals surface area contributed by atoms with E-state index >= 15 is 0 Å². The van der Waals surface area contributed by atoms with Gasteiger partial charge in [0, 0.05) is 44.1 Å². The summed E-state index contributed by atoms with van der Waals surface area (Å²) < 4.78 is 6.55. The molecule has 3 rings (SSSR count). The quantitative estimate of drug-likeness (QED) is 0.866. The summed E-state index contributed by atoms with van der Waals surface area (Å²) in [5.74, 6) is 1.50. The van der Waals surface area contributed by atoms with Gasteiger partial charge in [-0.25, -0.2) is 9.78 Å². The van der Waals surface area contributed by atoms with Gasteiger partial charge < -0.3 is 19.3 Å². The molecule has 0 bridgehead atoms. The van der Waals surface area contributed by atoms with Crippen molar-refractivity contribution in [1.29, 1.82) is 0 Å². The summed E-state index contributed by atoms with van der Waals surface area (Å²) in [6.45, 7) is 5.65. The van der Waals surface area contributed by atoms with Crippen molar-refractivity contribution in [2.45, 2.75) is 39.3 Å². The number of aryl methyl sites for hydroxylation is 2. The molecule has 9 heteroatoms. The molecule has 0 aromatic carbocycles. The Labute approximate surface area is 145 Å². The number of carbonyl (C=O) groups is 1. The highest BCUT2D eigenvalue weighted by Gasteiger charge is 2.23. The highest BCUT2D eigenvalue weighted by atomic mass is 16.5. The molecule has 134 valence electrons. The minimum Gasteiger partial charge on any atom is -0.360 e. The Balaban J connectivity index is 1.53. The molecule has 3 heterocycles. The van der Waals surface area contributed by atoms with Crippen molar-refractivity contribution in [2.75, 3.05) is 23.3 Å². The third-order valence-corrected chi connectivity index (χ3v) is 4.24. The molecular formula is C16H22N6O3. The lowest BCUT2D eigenvalue weighted by molar-refractivity contribution is 0.245. The summed E-state index contributed by atoms with van der Waals surface area (Å²) in [5.41, 5.74) is -0.0736. The number of amides is 2. The number of aromatic nitrogens is 3. The number of carbonyl (C=O) groups excluding carboxylic acids is 1. The van der Waals surface area contributed by atoms with Gasteiger partial charge in [0.15, 0.2) is 11.6 Å². The van der Waals surface area contributed by atoms with Gasteiger partial charge in [-0.2, -0.15) is 0 Å². The van der Waals surface area contributed by atoms with Crippen LogP contribution in [-0.4, -0.2) is 39.9 Å². The van der Waals surface area contributed by atoms with Gasteiger partial charge in [-0.05, 0) is 26.7 Å². The first-order valence-electron chi connectivity index (χ1n) is 8.38. The number of hydrogen-bond acceptors (Lipinski definition) is 6. The van der Waals surface area contributed by atoms with Crippen LogP contribution in [0.5, 0.6) is 0 Å². The highest BCUT2D eigenvalue weighted by Crippen LogP contribution is 2.15. The molecule has 1 aliphatic heterocycles.